The molecular formula is C14H16ClN3. The Morgan fingerprint density at radius 1 is 1.28 bits per heavy atom. The summed E-state index contributed by atoms with van der Waals surface area (Å²) in [5.74, 6) is 2.74. The van der Waals surface area contributed by atoms with Gasteiger partial charge in [0, 0.05) is 11.6 Å². The second kappa shape index (κ2) is 4.09. The highest BCUT2D eigenvalue weighted by Gasteiger charge is 2.49. The van der Waals surface area contributed by atoms with Crippen molar-refractivity contribution in [3.8, 4) is 5.69 Å². The second-order valence-corrected chi connectivity index (χ2v) is 5.79. The van der Waals surface area contributed by atoms with Crippen molar-refractivity contribution in [1.82, 2.24) is 14.8 Å². The highest BCUT2D eigenvalue weighted by molar-refractivity contribution is 6.16. The molecule has 0 saturated heterocycles. The fraction of sp³-hybridized carbons (Fsp3) is 0.429. The van der Waals surface area contributed by atoms with E-state index >= 15 is 0 Å². The average molecular weight is 262 g/mol. The lowest BCUT2D eigenvalue weighted by Crippen LogP contribution is -2.05. The van der Waals surface area contributed by atoms with Crippen molar-refractivity contribution in [2.75, 3.05) is 0 Å². The van der Waals surface area contributed by atoms with Gasteiger partial charge >= 0.3 is 0 Å². The molecule has 0 aliphatic heterocycles. The molecule has 1 aliphatic rings. The molecule has 18 heavy (non-hydrogen) atoms. The number of aromatic nitrogens is 3. The van der Waals surface area contributed by atoms with Gasteiger partial charge in [-0.15, -0.1) is 21.8 Å². The number of para-hydroxylation sites is 1. The predicted molar refractivity (Wildman–Crippen MR) is 72.1 cm³/mol. The van der Waals surface area contributed by atoms with E-state index in [1.165, 1.54) is 6.42 Å². The predicted octanol–water partition coefficient (Wildman–Crippen LogP) is 3.52. The summed E-state index contributed by atoms with van der Waals surface area (Å²) in [6.07, 6.45) is 1.17. The molecule has 3 rings (SSSR count). The molecule has 0 bridgehead atoms. The summed E-state index contributed by atoms with van der Waals surface area (Å²) in [6.45, 7) is 4.53. The molecule has 1 aliphatic carbocycles. The Labute approximate surface area is 112 Å². The van der Waals surface area contributed by atoms with Gasteiger partial charge in [-0.05, 0) is 24.0 Å². The molecule has 4 heteroatoms. The molecule has 0 spiro atoms. The van der Waals surface area contributed by atoms with E-state index in [2.05, 4.69) is 40.7 Å². The van der Waals surface area contributed by atoms with E-state index in [1.54, 1.807) is 0 Å². The fourth-order valence-corrected chi connectivity index (χ4v) is 2.58. The Kier molecular flexibility index (Phi) is 2.67. The minimum atomic E-state index is 0.336. The first kappa shape index (κ1) is 11.7. The maximum Gasteiger partial charge on any atom is 0.152 e. The van der Waals surface area contributed by atoms with Crippen LogP contribution in [-0.4, -0.2) is 14.8 Å². The lowest BCUT2D eigenvalue weighted by Gasteiger charge is -2.10. The standard InChI is InChI=1S/C14H16ClN3/c1-14(2)8-11(14)13-17-16-12(9-15)18(13)10-6-4-3-5-7-10/h3-7,11H,8-9H2,1-2H3. The van der Waals surface area contributed by atoms with Gasteiger partial charge in [0.05, 0.1) is 5.88 Å². The molecule has 1 unspecified atom stereocenters. The van der Waals surface area contributed by atoms with Crippen LogP contribution in [0.2, 0.25) is 0 Å². The Morgan fingerprint density at radius 2 is 1.94 bits per heavy atom. The fourth-order valence-electron chi connectivity index (χ4n) is 2.41. The molecule has 1 aromatic carbocycles. The third-order valence-corrected chi connectivity index (χ3v) is 3.95. The van der Waals surface area contributed by atoms with Crippen molar-refractivity contribution < 1.29 is 0 Å². The van der Waals surface area contributed by atoms with Crippen LogP contribution >= 0.6 is 11.6 Å². The molecule has 1 aromatic heterocycles. The van der Waals surface area contributed by atoms with Crippen molar-refractivity contribution in [2.45, 2.75) is 32.1 Å². The van der Waals surface area contributed by atoms with E-state index in [-0.39, 0.29) is 0 Å². The largest absolute Gasteiger partial charge is 0.282 e. The number of nitrogens with zero attached hydrogens (tertiary/aromatic N) is 3. The lowest BCUT2D eigenvalue weighted by molar-refractivity contribution is 0.603. The van der Waals surface area contributed by atoms with Gasteiger partial charge in [-0.25, -0.2) is 0 Å². The zero-order chi connectivity index (χ0) is 12.8. The summed E-state index contributed by atoms with van der Waals surface area (Å²) in [4.78, 5) is 0. The number of benzene rings is 1. The van der Waals surface area contributed by atoms with Crippen molar-refractivity contribution in [3.05, 3.63) is 42.0 Å². The number of rotatable bonds is 3. The van der Waals surface area contributed by atoms with Gasteiger partial charge in [-0.3, -0.25) is 4.57 Å². The highest BCUT2D eigenvalue weighted by atomic mass is 35.5. The van der Waals surface area contributed by atoms with Crippen molar-refractivity contribution in [3.63, 3.8) is 0 Å². The van der Waals surface area contributed by atoms with Gasteiger partial charge in [0.1, 0.15) is 5.82 Å². The van der Waals surface area contributed by atoms with E-state index in [0.717, 1.165) is 17.3 Å². The van der Waals surface area contributed by atoms with E-state index < -0.39 is 0 Å². The summed E-state index contributed by atoms with van der Waals surface area (Å²) in [5.41, 5.74) is 1.43. The lowest BCUT2D eigenvalue weighted by atomic mass is 10.1. The Morgan fingerprint density at radius 3 is 2.50 bits per heavy atom. The van der Waals surface area contributed by atoms with Crippen LogP contribution in [0.1, 0.15) is 37.8 Å². The quantitative estimate of drug-likeness (QED) is 0.792. The first-order valence-electron chi connectivity index (χ1n) is 6.19. The van der Waals surface area contributed by atoms with Crippen LogP contribution in [0.3, 0.4) is 0 Å². The van der Waals surface area contributed by atoms with Crippen molar-refractivity contribution in [2.24, 2.45) is 5.41 Å². The van der Waals surface area contributed by atoms with Gasteiger partial charge in [-0.1, -0.05) is 32.0 Å². The third kappa shape index (κ3) is 1.83. The maximum absolute atomic E-state index is 5.97. The van der Waals surface area contributed by atoms with Crippen LogP contribution in [0, 0.1) is 5.41 Å². The zero-order valence-corrected chi connectivity index (χ0v) is 11.4. The molecule has 0 N–H and O–H groups in total. The molecule has 0 radical (unpaired) electrons. The third-order valence-electron chi connectivity index (χ3n) is 3.71. The minimum absolute atomic E-state index is 0.336. The van der Waals surface area contributed by atoms with Crippen molar-refractivity contribution in [1.29, 1.82) is 0 Å². The molecular weight excluding hydrogens is 246 g/mol. The molecule has 0 amide bonds. The van der Waals surface area contributed by atoms with Gasteiger partial charge in [0.15, 0.2) is 5.82 Å². The second-order valence-electron chi connectivity index (χ2n) is 5.52. The van der Waals surface area contributed by atoms with E-state index in [1.807, 2.05) is 18.2 Å². The number of hydrogen-bond acceptors (Lipinski definition) is 2. The van der Waals surface area contributed by atoms with Crippen LogP contribution in [-0.2, 0) is 5.88 Å². The molecule has 94 valence electrons. The molecule has 2 aromatic rings. The number of alkyl halides is 1. The van der Waals surface area contributed by atoms with Crippen LogP contribution in [0.15, 0.2) is 30.3 Å². The SMILES string of the molecule is CC1(C)CC1c1nnc(CCl)n1-c1ccccc1. The van der Waals surface area contributed by atoms with E-state index in [0.29, 0.717) is 17.2 Å². The van der Waals surface area contributed by atoms with Gasteiger partial charge in [0.25, 0.3) is 0 Å². The number of halogens is 1. The Hall–Kier alpha value is -1.35. The summed E-state index contributed by atoms with van der Waals surface area (Å²) in [5, 5.41) is 8.57. The molecule has 1 saturated carbocycles. The maximum atomic E-state index is 5.97. The van der Waals surface area contributed by atoms with E-state index in [9.17, 15) is 0 Å². The summed E-state index contributed by atoms with van der Waals surface area (Å²) in [6, 6.07) is 10.2. The topological polar surface area (TPSA) is 30.7 Å². The van der Waals surface area contributed by atoms with Crippen LogP contribution in [0.5, 0.6) is 0 Å². The first-order valence-corrected chi connectivity index (χ1v) is 6.72. The van der Waals surface area contributed by atoms with Crippen LogP contribution in [0.25, 0.3) is 5.69 Å². The Balaban J connectivity index is 2.09. The van der Waals surface area contributed by atoms with Crippen molar-refractivity contribution >= 4 is 11.6 Å². The summed E-state index contributed by atoms with van der Waals surface area (Å²) in [7, 11) is 0. The normalized spacial score (nSPS) is 20.9. The minimum Gasteiger partial charge on any atom is -0.282 e. The molecule has 1 atom stereocenters. The molecule has 1 heterocycles. The smallest absolute Gasteiger partial charge is 0.152 e. The van der Waals surface area contributed by atoms with Crippen LogP contribution in [0.4, 0.5) is 0 Å². The first-order chi connectivity index (χ1) is 8.63. The van der Waals surface area contributed by atoms with Gasteiger partial charge < -0.3 is 0 Å². The molecule has 3 nitrogen and oxygen atoms in total. The molecule has 1 fully saturated rings. The average Bonchev–Trinajstić information content (AvgIpc) is 2.85. The zero-order valence-electron chi connectivity index (χ0n) is 10.6. The number of hydrogen-bond donors (Lipinski definition) is 0. The monoisotopic (exact) mass is 261 g/mol. The van der Waals surface area contributed by atoms with E-state index in [4.69, 9.17) is 11.6 Å². The van der Waals surface area contributed by atoms with Gasteiger partial charge in [0.2, 0.25) is 0 Å². The van der Waals surface area contributed by atoms with Crippen LogP contribution < -0.4 is 0 Å². The highest BCUT2D eigenvalue weighted by Crippen LogP contribution is 2.58. The summed E-state index contributed by atoms with van der Waals surface area (Å²) < 4.78 is 2.10. The summed E-state index contributed by atoms with van der Waals surface area (Å²) >= 11 is 5.97. The van der Waals surface area contributed by atoms with Gasteiger partial charge in [-0.2, -0.15) is 0 Å². The Bertz CT molecular complexity index is 560.